The molecule has 1 N–H and O–H groups in total. The molecule has 1 aliphatic carbocycles. The number of carbonyl (C=O) groups is 2. The summed E-state index contributed by atoms with van der Waals surface area (Å²) in [6, 6.07) is 3.18. The number of halogens is 3. The normalized spacial score (nSPS) is 20.9. The molecule has 1 heterocycles. The molecule has 26 heavy (non-hydrogen) atoms. The number of rotatable bonds is 4. The van der Waals surface area contributed by atoms with Gasteiger partial charge in [0.05, 0.1) is 23.8 Å². The SMILES string of the molecule is CCOC(=O)C1=C(C)N(C2CC2)C(=O)N[C@@H]1c1ccccc1C(F)(F)F. The second-order valence-electron chi connectivity index (χ2n) is 6.29. The average Bonchev–Trinajstić information content (AvgIpc) is 3.38. The molecule has 3 rings (SSSR count). The lowest BCUT2D eigenvalue weighted by Gasteiger charge is -2.36. The Morgan fingerprint density at radius 2 is 1.96 bits per heavy atom. The first kappa shape index (κ1) is 18.3. The minimum Gasteiger partial charge on any atom is -0.463 e. The van der Waals surface area contributed by atoms with Crippen LogP contribution < -0.4 is 5.32 Å². The number of amides is 2. The fraction of sp³-hybridized carbons (Fsp3) is 0.444. The van der Waals surface area contributed by atoms with E-state index >= 15 is 0 Å². The van der Waals surface area contributed by atoms with Crippen LogP contribution in [0.25, 0.3) is 0 Å². The third-order valence-corrected chi connectivity index (χ3v) is 4.51. The van der Waals surface area contributed by atoms with Crippen LogP contribution in [-0.2, 0) is 15.7 Å². The Bertz CT molecular complexity index is 769. The molecule has 0 aromatic heterocycles. The van der Waals surface area contributed by atoms with Crippen LogP contribution in [0.2, 0.25) is 0 Å². The molecule has 1 saturated carbocycles. The van der Waals surface area contributed by atoms with Gasteiger partial charge in [0.25, 0.3) is 0 Å². The molecular weight excluding hydrogens is 349 g/mol. The highest BCUT2D eigenvalue weighted by atomic mass is 19.4. The summed E-state index contributed by atoms with van der Waals surface area (Å²) in [5.74, 6) is -0.724. The standard InChI is InChI=1S/C18H19F3N2O3/c1-3-26-16(24)14-10(2)23(11-8-9-11)17(25)22-15(14)12-6-4-5-7-13(12)18(19,20)21/h4-7,11,15H,3,8-9H2,1-2H3,(H,22,25)/t15-/m1/s1. The van der Waals surface area contributed by atoms with Crippen LogP contribution in [0.3, 0.4) is 0 Å². The van der Waals surface area contributed by atoms with Crippen molar-refractivity contribution in [2.24, 2.45) is 0 Å². The third-order valence-electron chi connectivity index (χ3n) is 4.51. The van der Waals surface area contributed by atoms with E-state index < -0.39 is 29.8 Å². The molecule has 0 spiro atoms. The summed E-state index contributed by atoms with van der Waals surface area (Å²) in [5, 5.41) is 2.56. The predicted molar refractivity (Wildman–Crippen MR) is 86.9 cm³/mol. The van der Waals surface area contributed by atoms with Gasteiger partial charge in [-0.15, -0.1) is 0 Å². The topological polar surface area (TPSA) is 58.6 Å². The Morgan fingerprint density at radius 1 is 1.31 bits per heavy atom. The molecule has 1 atom stereocenters. The molecule has 1 aliphatic heterocycles. The smallest absolute Gasteiger partial charge is 0.416 e. The summed E-state index contributed by atoms with van der Waals surface area (Å²) in [4.78, 5) is 26.5. The molecule has 0 saturated heterocycles. The van der Waals surface area contributed by atoms with Crippen molar-refractivity contribution in [3.05, 3.63) is 46.7 Å². The van der Waals surface area contributed by atoms with Crippen LogP contribution in [0.15, 0.2) is 35.5 Å². The fourth-order valence-corrected chi connectivity index (χ4v) is 3.24. The van der Waals surface area contributed by atoms with Gasteiger partial charge in [-0.05, 0) is 38.3 Å². The van der Waals surface area contributed by atoms with Crippen molar-refractivity contribution >= 4 is 12.0 Å². The van der Waals surface area contributed by atoms with E-state index in [4.69, 9.17) is 4.74 Å². The van der Waals surface area contributed by atoms with E-state index in [-0.39, 0.29) is 23.8 Å². The number of esters is 1. The summed E-state index contributed by atoms with van der Waals surface area (Å²) in [6.45, 7) is 3.28. The van der Waals surface area contributed by atoms with Gasteiger partial charge in [0.1, 0.15) is 0 Å². The lowest BCUT2D eigenvalue weighted by molar-refractivity contribution is -0.141. The first-order chi connectivity index (χ1) is 12.3. The Morgan fingerprint density at radius 3 is 2.54 bits per heavy atom. The quantitative estimate of drug-likeness (QED) is 0.823. The van der Waals surface area contributed by atoms with Crippen molar-refractivity contribution in [3.63, 3.8) is 0 Å². The lowest BCUT2D eigenvalue weighted by Crippen LogP contribution is -2.49. The maximum Gasteiger partial charge on any atom is 0.416 e. The number of alkyl halides is 3. The van der Waals surface area contributed by atoms with Gasteiger partial charge in [0.15, 0.2) is 0 Å². The number of hydrogen-bond acceptors (Lipinski definition) is 3. The molecule has 0 radical (unpaired) electrons. The number of carbonyl (C=O) groups excluding carboxylic acids is 2. The van der Waals surface area contributed by atoms with Gasteiger partial charge in [0, 0.05) is 11.7 Å². The monoisotopic (exact) mass is 368 g/mol. The van der Waals surface area contributed by atoms with E-state index in [2.05, 4.69) is 5.32 Å². The van der Waals surface area contributed by atoms with E-state index in [1.165, 1.54) is 23.1 Å². The van der Waals surface area contributed by atoms with Crippen molar-refractivity contribution in [1.82, 2.24) is 10.2 Å². The minimum absolute atomic E-state index is 0.0294. The zero-order chi connectivity index (χ0) is 19.1. The second-order valence-corrected chi connectivity index (χ2v) is 6.29. The molecule has 2 amide bonds. The zero-order valence-electron chi connectivity index (χ0n) is 14.4. The summed E-state index contributed by atoms with van der Waals surface area (Å²) in [5.41, 5.74) is -0.683. The summed E-state index contributed by atoms with van der Waals surface area (Å²) in [7, 11) is 0. The van der Waals surface area contributed by atoms with Crippen molar-refractivity contribution < 1.29 is 27.5 Å². The first-order valence-corrected chi connectivity index (χ1v) is 8.39. The molecular formula is C18H19F3N2O3. The van der Waals surface area contributed by atoms with Gasteiger partial charge in [-0.3, -0.25) is 4.90 Å². The summed E-state index contributed by atoms with van der Waals surface area (Å²) in [6.07, 6.45) is -3.02. The van der Waals surface area contributed by atoms with Crippen molar-refractivity contribution in [2.45, 2.75) is 44.9 Å². The van der Waals surface area contributed by atoms with E-state index in [1.54, 1.807) is 13.8 Å². The van der Waals surface area contributed by atoms with E-state index in [1.807, 2.05) is 0 Å². The highest BCUT2D eigenvalue weighted by molar-refractivity contribution is 5.95. The number of nitrogens with one attached hydrogen (secondary N) is 1. The van der Waals surface area contributed by atoms with Gasteiger partial charge in [-0.1, -0.05) is 18.2 Å². The highest BCUT2D eigenvalue weighted by Crippen LogP contribution is 2.41. The fourth-order valence-electron chi connectivity index (χ4n) is 3.24. The van der Waals surface area contributed by atoms with Gasteiger partial charge in [-0.2, -0.15) is 13.2 Å². The van der Waals surface area contributed by atoms with E-state index in [0.717, 1.165) is 18.9 Å². The van der Waals surface area contributed by atoms with E-state index in [9.17, 15) is 22.8 Å². The second kappa shape index (κ2) is 6.66. The van der Waals surface area contributed by atoms with Crippen LogP contribution in [-0.4, -0.2) is 29.5 Å². The largest absolute Gasteiger partial charge is 0.463 e. The maximum absolute atomic E-state index is 13.4. The lowest BCUT2D eigenvalue weighted by atomic mass is 9.91. The third kappa shape index (κ3) is 3.27. The van der Waals surface area contributed by atoms with Crippen molar-refractivity contribution in [2.75, 3.05) is 6.61 Å². The molecule has 140 valence electrons. The molecule has 8 heteroatoms. The number of nitrogens with zero attached hydrogens (tertiary/aromatic N) is 1. The predicted octanol–water partition coefficient (Wildman–Crippen LogP) is 3.77. The molecule has 0 bridgehead atoms. The first-order valence-electron chi connectivity index (χ1n) is 8.39. The number of benzene rings is 1. The summed E-state index contributed by atoms with van der Waals surface area (Å²) < 4.78 is 45.4. The molecule has 2 aliphatic rings. The maximum atomic E-state index is 13.4. The Balaban J connectivity index is 2.14. The van der Waals surface area contributed by atoms with Crippen molar-refractivity contribution in [3.8, 4) is 0 Å². The van der Waals surface area contributed by atoms with Crippen LogP contribution in [0.5, 0.6) is 0 Å². The Labute approximate surface area is 148 Å². The number of ether oxygens (including phenoxy) is 1. The van der Waals surface area contributed by atoms with Gasteiger partial charge in [0.2, 0.25) is 0 Å². The van der Waals surface area contributed by atoms with E-state index in [0.29, 0.717) is 5.70 Å². The van der Waals surface area contributed by atoms with Gasteiger partial charge in [-0.25, -0.2) is 9.59 Å². The van der Waals surface area contributed by atoms with Crippen LogP contribution in [0.4, 0.5) is 18.0 Å². The van der Waals surface area contributed by atoms with Crippen LogP contribution in [0, 0.1) is 0 Å². The van der Waals surface area contributed by atoms with Crippen molar-refractivity contribution in [1.29, 1.82) is 0 Å². The minimum atomic E-state index is -4.61. The average molecular weight is 368 g/mol. The Kier molecular flexibility index (Phi) is 4.68. The van der Waals surface area contributed by atoms with Crippen LogP contribution in [0.1, 0.15) is 43.9 Å². The number of hydrogen-bond donors (Lipinski definition) is 1. The zero-order valence-corrected chi connectivity index (χ0v) is 14.4. The molecule has 0 unspecified atom stereocenters. The number of allylic oxidation sites excluding steroid dienone is 1. The van der Waals surface area contributed by atoms with Gasteiger partial charge >= 0.3 is 18.2 Å². The van der Waals surface area contributed by atoms with Gasteiger partial charge < -0.3 is 10.1 Å². The Hall–Kier alpha value is -2.51. The molecule has 1 aromatic carbocycles. The summed E-state index contributed by atoms with van der Waals surface area (Å²) >= 11 is 0. The number of urea groups is 1. The molecule has 5 nitrogen and oxygen atoms in total. The van der Waals surface area contributed by atoms with Crippen LogP contribution >= 0.6 is 0 Å². The highest BCUT2D eigenvalue weighted by Gasteiger charge is 2.45. The molecule has 1 aromatic rings. The molecule has 1 fully saturated rings.